The first-order valence-corrected chi connectivity index (χ1v) is 10.5. The standard InChI is InChI=1S/C26H19FN4O3/c1-34-18-10-11-19-21(12-18)23-16(13-28-24(19)20-4-2-3-5-22(20)27)14-29-26(31-23)30-17-8-6-15(7-9-17)25(32)33/h2-12,14H,13H2,1H3,(H,32,33)(H,29,30,31). The summed E-state index contributed by atoms with van der Waals surface area (Å²) in [6, 6.07) is 18.4. The molecule has 1 aliphatic heterocycles. The monoisotopic (exact) mass is 454 g/mol. The molecule has 0 atom stereocenters. The molecule has 0 saturated carbocycles. The summed E-state index contributed by atoms with van der Waals surface area (Å²) in [5.74, 6) is -0.377. The first kappa shape index (κ1) is 21.3. The topological polar surface area (TPSA) is 96.7 Å². The third-order valence-corrected chi connectivity index (χ3v) is 5.53. The minimum absolute atomic E-state index is 0.187. The van der Waals surface area contributed by atoms with Gasteiger partial charge in [-0.3, -0.25) is 4.99 Å². The van der Waals surface area contributed by atoms with Crippen molar-refractivity contribution in [3.63, 3.8) is 0 Å². The molecule has 8 heteroatoms. The second-order valence-corrected chi connectivity index (χ2v) is 7.63. The SMILES string of the molecule is COc1ccc2c(c1)-c1nc(Nc3ccc(C(=O)O)cc3)ncc1CN=C2c1ccccc1F. The summed E-state index contributed by atoms with van der Waals surface area (Å²) in [6.07, 6.45) is 1.69. The van der Waals surface area contributed by atoms with Crippen LogP contribution in [-0.2, 0) is 6.54 Å². The number of halogens is 1. The number of benzene rings is 3. The van der Waals surface area contributed by atoms with E-state index in [4.69, 9.17) is 19.8 Å². The Morgan fingerprint density at radius 3 is 2.56 bits per heavy atom. The number of carboxylic acid groups (broad SMARTS) is 1. The molecule has 0 fully saturated rings. The number of carbonyl (C=O) groups is 1. The zero-order chi connectivity index (χ0) is 23.7. The molecule has 0 saturated heterocycles. The van der Waals surface area contributed by atoms with Gasteiger partial charge in [0.15, 0.2) is 0 Å². The highest BCUT2D eigenvalue weighted by atomic mass is 19.1. The smallest absolute Gasteiger partial charge is 0.335 e. The van der Waals surface area contributed by atoms with E-state index in [1.807, 2.05) is 18.2 Å². The minimum atomic E-state index is -0.996. The van der Waals surface area contributed by atoms with Crippen LogP contribution in [0.4, 0.5) is 16.0 Å². The van der Waals surface area contributed by atoms with Crippen LogP contribution in [0.1, 0.15) is 27.0 Å². The molecule has 1 aromatic heterocycles. The maximum Gasteiger partial charge on any atom is 0.335 e. The molecule has 0 radical (unpaired) electrons. The van der Waals surface area contributed by atoms with Crippen LogP contribution in [0.2, 0.25) is 0 Å². The van der Waals surface area contributed by atoms with E-state index >= 15 is 0 Å². The van der Waals surface area contributed by atoms with Crippen LogP contribution < -0.4 is 10.1 Å². The lowest BCUT2D eigenvalue weighted by Crippen LogP contribution is -2.07. The number of anilines is 2. The molecule has 0 bridgehead atoms. The van der Waals surface area contributed by atoms with Gasteiger partial charge in [0.2, 0.25) is 5.95 Å². The molecule has 0 amide bonds. The Bertz CT molecular complexity index is 1430. The molecule has 4 aromatic rings. The third kappa shape index (κ3) is 3.97. The van der Waals surface area contributed by atoms with Crippen LogP contribution >= 0.6 is 0 Å². The highest BCUT2D eigenvalue weighted by Gasteiger charge is 2.23. The molecular formula is C26H19FN4O3. The van der Waals surface area contributed by atoms with Crippen LogP contribution in [0, 0.1) is 5.82 Å². The van der Waals surface area contributed by atoms with E-state index < -0.39 is 5.97 Å². The fourth-order valence-electron chi connectivity index (χ4n) is 3.83. The Balaban J connectivity index is 1.59. The molecular weight excluding hydrogens is 435 g/mol. The lowest BCUT2D eigenvalue weighted by atomic mass is 9.95. The average Bonchev–Trinajstić information content (AvgIpc) is 3.01. The molecule has 0 unspecified atom stereocenters. The van der Waals surface area contributed by atoms with E-state index in [0.717, 1.165) is 16.7 Å². The maximum absolute atomic E-state index is 14.7. The van der Waals surface area contributed by atoms with Crippen molar-refractivity contribution in [1.29, 1.82) is 0 Å². The van der Waals surface area contributed by atoms with Gasteiger partial charge in [-0.05, 0) is 54.6 Å². The molecule has 3 aromatic carbocycles. The van der Waals surface area contributed by atoms with E-state index in [9.17, 15) is 9.18 Å². The van der Waals surface area contributed by atoms with Crippen molar-refractivity contribution in [3.05, 3.63) is 101 Å². The van der Waals surface area contributed by atoms with E-state index in [0.29, 0.717) is 34.4 Å². The number of rotatable bonds is 5. The second kappa shape index (κ2) is 8.74. The van der Waals surface area contributed by atoms with Gasteiger partial charge in [0.1, 0.15) is 11.6 Å². The van der Waals surface area contributed by atoms with E-state index in [1.54, 1.807) is 43.6 Å². The van der Waals surface area contributed by atoms with Crippen molar-refractivity contribution in [2.24, 2.45) is 4.99 Å². The zero-order valence-electron chi connectivity index (χ0n) is 18.1. The minimum Gasteiger partial charge on any atom is -0.497 e. The van der Waals surface area contributed by atoms with Crippen molar-refractivity contribution in [3.8, 4) is 17.0 Å². The lowest BCUT2D eigenvalue weighted by Gasteiger charge is -2.14. The second-order valence-electron chi connectivity index (χ2n) is 7.63. The highest BCUT2D eigenvalue weighted by Crippen LogP contribution is 2.35. The highest BCUT2D eigenvalue weighted by molar-refractivity contribution is 6.17. The van der Waals surface area contributed by atoms with Crippen LogP contribution in [0.25, 0.3) is 11.3 Å². The quantitative estimate of drug-likeness (QED) is 0.436. The van der Waals surface area contributed by atoms with Gasteiger partial charge in [0, 0.05) is 34.1 Å². The number of fused-ring (bicyclic) bond motifs is 3. The predicted molar refractivity (Wildman–Crippen MR) is 126 cm³/mol. The van der Waals surface area contributed by atoms with Gasteiger partial charge in [-0.25, -0.2) is 19.2 Å². The van der Waals surface area contributed by atoms with Gasteiger partial charge in [0.05, 0.1) is 30.6 Å². The number of nitrogens with one attached hydrogen (secondary N) is 1. The molecule has 168 valence electrons. The average molecular weight is 454 g/mol. The summed E-state index contributed by atoms with van der Waals surface area (Å²) >= 11 is 0. The van der Waals surface area contributed by atoms with Gasteiger partial charge in [-0.2, -0.15) is 0 Å². The number of nitrogens with zero attached hydrogens (tertiary/aromatic N) is 3. The van der Waals surface area contributed by atoms with Crippen molar-refractivity contribution in [2.45, 2.75) is 6.54 Å². The number of aromatic nitrogens is 2. The number of methoxy groups -OCH3 is 1. The first-order chi connectivity index (χ1) is 16.5. The van der Waals surface area contributed by atoms with Gasteiger partial charge in [0.25, 0.3) is 0 Å². The molecule has 2 heterocycles. The zero-order valence-corrected chi connectivity index (χ0v) is 18.1. The van der Waals surface area contributed by atoms with Crippen molar-refractivity contribution < 1.29 is 19.0 Å². The lowest BCUT2D eigenvalue weighted by molar-refractivity contribution is 0.0697. The molecule has 7 nitrogen and oxygen atoms in total. The first-order valence-electron chi connectivity index (χ1n) is 10.5. The summed E-state index contributed by atoms with van der Waals surface area (Å²) in [5, 5.41) is 12.2. The molecule has 0 spiro atoms. The molecule has 5 rings (SSSR count). The van der Waals surface area contributed by atoms with Crippen molar-refractivity contribution >= 4 is 23.3 Å². The fourth-order valence-corrected chi connectivity index (χ4v) is 3.83. The Labute approximate surface area is 194 Å². The molecule has 1 aliphatic rings. The molecule has 34 heavy (non-hydrogen) atoms. The number of aliphatic imine (C=N–C) groups is 1. The third-order valence-electron chi connectivity index (χ3n) is 5.53. The Hall–Kier alpha value is -4.59. The van der Waals surface area contributed by atoms with Gasteiger partial charge < -0.3 is 15.2 Å². The maximum atomic E-state index is 14.7. The predicted octanol–water partition coefficient (Wildman–Crippen LogP) is 5.08. The normalized spacial score (nSPS) is 12.1. The molecule has 0 aliphatic carbocycles. The van der Waals surface area contributed by atoms with E-state index in [-0.39, 0.29) is 17.9 Å². The summed E-state index contributed by atoms with van der Waals surface area (Å²) in [4.78, 5) is 24.9. The van der Waals surface area contributed by atoms with Crippen LogP contribution in [0.15, 0.2) is 77.9 Å². The fraction of sp³-hybridized carbons (Fsp3) is 0.0769. The van der Waals surface area contributed by atoms with E-state index in [1.165, 1.54) is 18.2 Å². The van der Waals surface area contributed by atoms with Gasteiger partial charge >= 0.3 is 5.97 Å². The van der Waals surface area contributed by atoms with Crippen molar-refractivity contribution in [1.82, 2.24) is 9.97 Å². The number of ether oxygens (including phenoxy) is 1. The number of hydrogen-bond donors (Lipinski definition) is 2. The number of hydrogen-bond acceptors (Lipinski definition) is 6. The van der Waals surface area contributed by atoms with Crippen molar-refractivity contribution in [2.75, 3.05) is 12.4 Å². The van der Waals surface area contributed by atoms with Crippen LogP contribution in [0.5, 0.6) is 5.75 Å². The van der Waals surface area contributed by atoms with Gasteiger partial charge in [-0.15, -0.1) is 0 Å². The van der Waals surface area contributed by atoms with E-state index in [2.05, 4.69) is 10.3 Å². The Morgan fingerprint density at radius 1 is 1.03 bits per heavy atom. The van der Waals surface area contributed by atoms with Crippen LogP contribution in [-0.4, -0.2) is 33.9 Å². The molecule has 2 N–H and O–H groups in total. The Kier molecular flexibility index (Phi) is 5.47. The Morgan fingerprint density at radius 2 is 1.82 bits per heavy atom. The van der Waals surface area contributed by atoms with Gasteiger partial charge in [-0.1, -0.05) is 12.1 Å². The summed E-state index contributed by atoms with van der Waals surface area (Å²) in [7, 11) is 1.58. The summed E-state index contributed by atoms with van der Waals surface area (Å²) in [5.41, 5.74) is 4.70. The summed E-state index contributed by atoms with van der Waals surface area (Å²) in [6.45, 7) is 0.281. The van der Waals surface area contributed by atoms with Crippen LogP contribution in [0.3, 0.4) is 0 Å². The number of aromatic carboxylic acids is 1. The number of carboxylic acids is 1. The summed E-state index contributed by atoms with van der Waals surface area (Å²) < 4.78 is 20.1. The largest absolute Gasteiger partial charge is 0.497 e.